The Morgan fingerprint density at radius 2 is 1.90 bits per heavy atom. The minimum Gasteiger partial charge on any atom is -0.356 e. The molecule has 7 nitrogen and oxygen atoms in total. The Morgan fingerprint density at radius 3 is 2.53 bits per heavy atom. The highest BCUT2D eigenvalue weighted by Gasteiger charge is 2.23. The van der Waals surface area contributed by atoms with Gasteiger partial charge in [-0.15, -0.1) is 24.0 Å². The molecule has 0 aromatic heterocycles. The lowest BCUT2D eigenvalue weighted by atomic mass is 10.0. The third-order valence-corrected chi connectivity index (χ3v) is 5.76. The number of benzene rings is 1. The van der Waals surface area contributed by atoms with Crippen LogP contribution in [-0.4, -0.2) is 55.4 Å². The molecular formula is C22H34IN5O2. The number of likely N-dealkylation sites (tertiary alicyclic amines) is 1. The number of nitrogens with zero attached hydrogens (tertiary/aromatic N) is 3. The van der Waals surface area contributed by atoms with Gasteiger partial charge in [-0.25, -0.2) is 0 Å². The SMILES string of the molecule is CN=C(NCCC(=O)N1CCCCC1C)NCc1ccc(N2CCCC2=O)cc1.I. The van der Waals surface area contributed by atoms with Gasteiger partial charge in [0.15, 0.2) is 5.96 Å². The molecule has 1 aromatic carbocycles. The third-order valence-electron chi connectivity index (χ3n) is 5.76. The van der Waals surface area contributed by atoms with E-state index in [1.54, 1.807) is 7.05 Å². The Bertz CT molecular complexity index is 738. The molecule has 2 fully saturated rings. The number of rotatable bonds is 6. The van der Waals surface area contributed by atoms with Crippen molar-refractivity contribution in [1.29, 1.82) is 0 Å². The van der Waals surface area contributed by atoms with Crippen LogP contribution in [0.5, 0.6) is 0 Å². The summed E-state index contributed by atoms with van der Waals surface area (Å²) in [6.07, 6.45) is 5.48. The lowest BCUT2D eigenvalue weighted by molar-refractivity contribution is -0.134. The summed E-state index contributed by atoms with van der Waals surface area (Å²) in [5, 5.41) is 6.50. The minimum absolute atomic E-state index is 0. The van der Waals surface area contributed by atoms with Crippen molar-refractivity contribution in [2.45, 2.75) is 58.0 Å². The van der Waals surface area contributed by atoms with Gasteiger partial charge in [0.25, 0.3) is 0 Å². The fourth-order valence-electron chi connectivity index (χ4n) is 4.02. The number of halogens is 1. The molecule has 0 aliphatic carbocycles. The lowest BCUT2D eigenvalue weighted by Crippen LogP contribution is -2.44. The van der Waals surface area contributed by atoms with Crippen LogP contribution < -0.4 is 15.5 Å². The van der Waals surface area contributed by atoms with Crippen LogP contribution in [0.2, 0.25) is 0 Å². The smallest absolute Gasteiger partial charge is 0.227 e. The van der Waals surface area contributed by atoms with Crippen LogP contribution in [0.3, 0.4) is 0 Å². The molecule has 166 valence electrons. The van der Waals surface area contributed by atoms with Crippen LogP contribution in [0, 0.1) is 0 Å². The van der Waals surface area contributed by atoms with Gasteiger partial charge in [0, 0.05) is 57.8 Å². The second-order valence-electron chi connectivity index (χ2n) is 7.85. The van der Waals surface area contributed by atoms with Gasteiger partial charge >= 0.3 is 0 Å². The molecule has 1 unspecified atom stereocenters. The maximum Gasteiger partial charge on any atom is 0.227 e. The van der Waals surface area contributed by atoms with Crippen molar-refractivity contribution in [1.82, 2.24) is 15.5 Å². The average Bonchev–Trinajstić information content (AvgIpc) is 3.17. The molecule has 0 bridgehead atoms. The number of guanidine groups is 1. The van der Waals surface area contributed by atoms with Crippen molar-refractivity contribution in [3.8, 4) is 0 Å². The van der Waals surface area contributed by atoms with E-state index < -0.39 is 0 Å². The summed E-state index contributed by atoms with van der Waals surface area (Å²) in [7, 11) is 1.73. The molecule has 0 radical (unpaired) electrons. The number of anilines is 1. The third kappa shape index (κ3) is 6.58. The average molecular weight is 527 g/mol. The van der Waals surface area contributed by atoms with Crippen molar-refractivity contribution in [2.75, 3.05) is 31.6 Å². The van der Waals surface area contributed by atoms with Crippen LogP contribution >= 0.6 is 24.0 Å². The summed E-state index contributed by atoms with van der Waals surface area (Å²) < 4.78 is 0. The van der Waals surface area contributed by atoms with Crippen molar-refractivity contribution in [2.24, 2.45) is 4.99 Å². The van der Waals surface area contributed by atoms with Gasteiger partial charge in [0.1, 0.15) is 0 Å². The number of hydrogen-bond acceptors (Lipinski definition) is 3. The standard InChI is InChI=1S/C22H33N5O2.HI/c1-17-6-3-4-14-26(17)21(29)12-13-24-22(23-2)25-16-18-8-10-19(11-9-18)27-15-5-7-20(27)28;/h8-11,17H,3-7,12-16H2,1-2H3,(H2,23,24,25);1H. The van der Waals surface area contributed by atoms with Crippen LogP contribution in [-0.2, 0) is 16.1 Å². The molecule has 3 rings (SSSR count). The zero-order chi connectivity index (χ0) is 20.6. The van der Waals surface area contributed by atoms with Crippen LogP contribution in [0.1, 0.15) is 51.0 Å². The zero-order valence-electron chi connectivity index (χ0n) is 18.0. The van der Waals surface area contributed by atoms with E-state index in [9.17, 15) is 9.59 Å². The Morgan fingerprint density at radius 1 is 1.13 bits per heavy atom. The number of aliphatic imine (C=N–C) groups is 1. The number of hydrogen-bond donors (Lipinski definition) is 2. The van der Waals surface area contributed by atoms with Crippen LogP contribution in [0.4, 0.5) is 5.69 Å². The van der Waals surface area contributed by atoms with E-state index >= 15 is 0 Å². The summed E-state index contributed by atoms with van der Waals surface area (Å²) in [6, 6.07) is 8.40. The number of nitrogens with one attached hydrogen (secondary N) is 2. The number of piperidine rings is 1. The molecule has 30 heavy (non-hydrogen) atoms. The molecule has 0 spiro atoms. The van der Waals surface area contributed by atoms with Crippen molar-refractivity contribution in [3.05, 3.63) is 29.8 Å². The molecule has 2 heterocycles. The van der Waals surface area contributed by atoms with Gasteiger partial charge in [0.05, 0.1) is 0 Å². The Labute approximate surface area is 196 Å². The number of carbonyl (C=O) groups is 2. The molecule has 2 amide bonds. The molecule has 2 saturated heterocycles. The highest BCUT2D eigenvalue weighted by molar-refractivity contribution is 14.0. The van der Waals surface area contributed by atoms with E-state index in [-0.39, 0.29) is 35.8 Å². The highest BCUT2D eigenvalue weighted by atomic mass is 127. The number of amides is 2. The Balaban J connectivity index is 0.00000320. The van der Waals surface area contributed by atoms with E-state index in [1.165, 1.54) is 6.42 Å². The molecule has 1 aromatic rings. The predicted octanol–water partition coefficient (Wildman–Crippen LogP) is 2.89. The minimum atomic E-state index is 0. The quantitative estimate of drug-likeness (QED) is 0.339. The molecule has 2 N–H and O–H groups in total. The molecule has 0 saturated carbocycles. The first kappa shape index (κ1) is 24.4. The van der Waals surface area contributed by atoms with Gasteiger partial charge in [-0.2, -0.15) is 0 Å². The second kappa shape index (κ2) is 12.1. The van der Waals surface area contributed by atoms with Gasteiger partial charge < -0.3 is 20.4 Å². The zero-order valence-corrected chi connectivity index (χ0v) is 20.4. The Hall–Kier alpha value is -1.84. The fourth-order valence-corrected chi connectivity index (χ4v) is 4.02. The number of carbonyl (C=O) groups excluding carboxylic acids is 2. The van der Waals surface area contributed by atoms with Gasteiger partial charge in [-0.3, -0.25) is 14.6 Å². The van der Waals surface area contributed by atoms with E-state index in [4.69, 9.17) is 0 Å². The summed E-state index contributed by atoms with van der Waals surface area (Å²) in [5.41, 5.74) is 2.07. The van der Waals surface area contributed by atoms with E-state index in [0.717, 1.165) is 43.6 Å². The normalized spacial score (nSPS) is 19.5. The maximum atomic E-state index is 12.4. The largest absolute Gasteiger partial charge is 0.356 e. The van der Waals surface area contributed by atoms with Crippen molar-refractivity contribution < 1.29 is 9.59 Å². The summed E-state index contributed by atoms with van der Waals surface area (Å²) >= 11 is 0. The maximum absolute atomic E-state index is 12.4. The molecule has 2 aliphatic rings. The van der Waals surface area contributed by atoms with Crippen molar-refractivity contribution in [3.63, 3.8) is 0 Å². The molecule has 1 atom stereocenters. The molecular weight excluding hydrogens is 493 g/mol. The van der Waals surface area contributed by atoms with E-state index in [2.05, 4.69) is 22.5 Å². The lowest BCUT2D eigenvalue weighted by Gasteiger charge is -2.33. The topological polar surface area (TPSA) is 77.0 Å². The first-order chi connectivity index (χ1) is 14.1. The fraction of sp³-hybridized carbons (Fsp3) is 0.591. The van der Waals surface area contributed by atoms with Gasteiger partial charge in [0.2, 0.25) is 11.8 Å². The van der Waals surface area contributed by atoms with Gasteiger partial charge in [-0.05, 0) is 50.3 Å². The summed E-state index contributed by atoms with van der Waals surface area (Å²) in [4.78, 5) is 32.4. The molecule has 8 heteroatoms. The van der Waals surface area contributed by atoms with Gasteiger partial charge in [-0.1, -0.05) is 12.1 Å². The van der Waals surface area contributed by atoms with Crippen LogP contribution in [0.15, 0.2) is 29.3 Å². The van der Waals surface area contributed by atoms with Crippen LogP contribution in [0.25, 0.3) is 0 Å². The highest BCUT2D eigenvalue weighted by Crippen LogP contribution is 2.21. The molecule has 2 aliphatic heterocycles. The summed E-state index contributed by atoms with van der Waals surface area (Å²) in [6.45, 7) is 5.02. The first-order valence-corrected chi connectivity index (χ1v) is 10.7. The Kier molecular flexibility index (Phi) is 9.87. The summed E-state index contributed by atoms with van der Waals surface area (Å²) in [5.74, 6) is 1.10. The first-order valence-electron chi connectivity index (χ1n) is 10.7. The predicted molar refractivity (Wildman–Crippen MR) is 131 cm³/mol. The van der Waals surface area contributed by atoms with E-state index in [1.807, 2.05) is 34.1 Å². The van der Waals surface area contributed by atoms with Crippen molar-refractivity contribution >= 4 is 47.4 Å². The van der Waals surface area contributed by atoms with E-state index in [0.29, 0.717) is 37.9 Å². The monoisotopic (exact) mass is 527 g/mol. The second-order valence-corrected chi connectivity index (χ2v) is 7.85.